The number of hydrogen-bond acceptors (Lipinski definition) is 3. The molecule has 1 unspecified atom stereocenters. The van der Waals surface area contributed by atoms with E-state index < -0.39 is 6.04 Å². The summed E-state index contributed by atoms with van der Waals surface area (Å²) in [5.41, 5.74) is 7.64. The van der Waals surface area contributed by atoms with E-state index in [2.05, 4.69) is 5.32 Å². The van der Waals surface area contributed by atoms with Crippen molar-refractivity contribution in [3.05, 3.63) is 71.5 Å². The molecule has 24 heavy (non-hydrogen) atoms. The first-order valence-electron chi connectivity index (χ1n) is 7.55. The summed E-state index contributed by atoms with van der Waals surface area (Å²) in [6.45, 7) is 0.528. The summed E-state index contributed by atoms with van der Waals surface area (Å²) in [4.78, 5) is 11.9. The Morgan fingerprint density at radius 1 is 1.12 bits per heavy atom. The highest BCUT2D eigenvalue weighted by atomic mass is 35.5. The lowest BCUT2D eigenvalue weighted by Gasteiger charge is -2.12. The average molecular weight is 369 g/mol. The first-order valence-corrected chi connectivity index (χ1v) is 8.70. The molecule has 0 bridgehead atoms. The first kappa shape index (κ1) is 20.5. The van der Waals surface area contributed by atoms with Crippen LogP contribution >= 0.6 is 24.2 Å². The van der Waals surface area contributed by atoms with Gasteiger partial charge in [-0.1, -0.05) is 48.5 Å². The van der Waals surface area contributed by atoms with Crippen molar-refractivity contribution in [1.82, 2.24) is 5.32 Å². The third-order valence-electron chi connectivity index (χ3n) is 3.40. The predicted molar refractivity (Wildman–Crippen MR) is 101 cm³/mol. The van der Waals surface area contributed by atoms with Crippen LogP contribution in [0, 0.1) is 5.82 Å². The minimum absolute atomic E-state index is 0. The van der Waals surface area contributed by atoms with Crippen LogP contribution in [0.2, 0.25) is 0 Å². The van der Waals surface area contributed by atoms with Crippen molar-refractivity contribution in [2.45, 2.75) is 18.2 Å². The summed E-state index contributed by atoms with van der Waals surface area (Å²) in [7, 11) is 0. The van der Waals surface area contributed by atoms with E-state index in [9.17, 15) is 9.18 Å². The molecule has 0 radical (unpaired) electrons. The van der Waals surface area contributed by atoms with Crippen LogP contribution in [0.25, 0.3) is 0 Å². The van der Waals surface area contributed by atoms with Gasteiger partial charge in [-0.2, -0.15) is 11.8 Å². The molecule has 2 rings (SSSR count). The maximum Gasteiger partial charge on any atom is 0.237 e. The Hall–Kier alpha value is -1.56. The Kier molecular flexibility index (Phi) is 9.45. The zero-order chi connectivity index (χ0) is 16.5. The van der Waals surface area contributed by atoms with Crippen molar-refractivity contribution in [2.24, 2.45) is 5.73 Å². The highest BCUT2D eigenvalue weighted by Crippen LogP contribution is 2.14. The van der Waals surface area contributed by atoms with Gasteiger partial charge in [-0.25, -0.2) is 4.39 Å². The van der Waals surface area contributed by atoms with Crippen LogP contribution in [-0.2, 0) is 17.0 Å². The van der Waals surface area contributed by atoms with Crippen LogP contribution in [0.15, 0.2) is 54.6 Å². The van der Waals surface area contributed by atoms with Gasteiger partial charge in [0.2, 0.25) is 5.91 Å². The van der Waals surface area contributed by atoms with E-state index in [1.165, 1.54) is 6.07 Å². The van der Waals surface area contributed by atoms with Gasteiger partial charge >= 0.3 is 0 Å². The number of nitrogens with one attached hydrogen (secondary N) is 1. The molecule has 0 aliphatic heterocycles. The molecule has 1 amide bonds. The molecule has 6 heteroatoms. The lowest BCUT2D eigenvalue weighted by atomic mass is 10.1. The Balaban J connectivity index is 0.00000288. The van der Waals surface area contributed by atoms with E-state index in [4.69, 9.17) is 5.73 Å². The van der Waals surface area contributed by atoms with Gasteiger partial charge < -0.3 is 11.1 Å². The number of benzene rings is 2. The topological polar surface area (TPSA) is 55.1 Å². The van der Waals surface area contributed by atoms with Crippen LogP contribution in [-0.4, -0.2) is 24.2 Å². The highest BCUT2D eigenvalue weighted by Gasteiger charge is 2.13. The van der Waals surface area contributed by atoms with Crippen LogP contribution in [0.4, 0.5) is 4.39 Å². The molecule has 1 atom stereocenters. The normalized spacial score (nSPS) is 11.4. The molecule has 0 heterocycles. The van der Waals surface area contributed by atoms with Crippen molar-refractivity contribution in [1.29, 1.82) is 0 Å². The third kappa shape index (κ3) is 6.91. The second-order valence-electron chi connectivity index (χ2n) is 5.23. The summed E-state index contributed by atoms with van der Waals surface area (Å²) in [5, 5.41) is 2.83. The van der Waals surface area contributed by atoms with E-state index in [0.29, 0.717) is 24.3 Å². The van der Waals surface area contributed by atoms with Gasteiger partial charge in [0.15, 0.2) is 0 Å². The Labute approximate surface area is 152 Å². The minimum atomic E-state index is -0.547. The fraction of sp³-hybridized carbons (Fsp3) is 0.278. The summed E-state index contributed by atoms with van der Waals surface area (Å²) in [6.07, 6.45) is 0.523. The van der Waals surface area contributed by atoms with Crippen molar-refractivity contribution in [3.63, 3.8) is 0 Å². The van der Waals surface area contributed by atoms with E-state index in [1.807, 2.05) is 36.4 Å². The van der Waals surface area contributed by atoms with Crippen LogP contribution in [0.3, 0.4) is 0 Å². The zero-order valence-corrected chi connectivity index (χ0v) is 14.9. The summed E-state index contributed by atoms with van der Waals surface area (Å²) in [6, 6.07) is 15.9. The van der Waals surface area contributed by atoms with Crippen molar-refractivity contribution in [2.75, 3.05) is 12.3 Å². The number of thioether (sulfide) groups is 1. The van der Waals surface area contributed by atoms with Gasteiger partial charge in [-0.3, -0.25) is 4.79 Å². The molecule has 0 spiro atoms. The van der Waals surface area contributed by atoms with E-state index in [1.54, 1.807) is 23.9 Å². The highest BCUT2D eigenvalue weighted by molar-refractivity contribution is 7.98. The van der Waals surface area contributed by atoms with Crippen molar-refractivity contribution < 1.29 is 9.18 Å². The maximum absolute atomic E-state index is 13.4. The number of amides is 1. The Morgan fingerprint density at radius 3 is 2.50 bits per heavy atom. The van der Waals surface area contributed by atoms with Crippen LogP contribution < -0.4 is 11.1 Å². The maximum atomic E-state index is 13.4. The lowest BCUT2D eigenvalue weighted by Crippen LogP contribution is -2.42. The number of rotatable bonds is 8. The molecule has 3 nitrogen and oxygen atoms in total. The molecule has 0 aliphatic rings. The first-order chi connectivity index (χ1) is 11.2. The molecule has 2 aromatic rings. The summed E-state index contributed by atoms with van der Waals surface area (Å²) < 4.78 is 13.4. The number of nitrogens with two attached hydrogens (primary N) is 1. The summed E-state index contributed by atoms with van der Waals surface area (Å²) in [5.74, 6) is 0.978. The molecule has 0 aromatic heterocycles. The van der Waals surface area contributed by atoms with Gasteiger partial charge in [0.1, 0.15) is 5.82 Å². The second-order valence-corrected chi connectivity index (χ2v) is 6.34. The predicted octanol–water partition coefficient (Wildman–Crippen LogP) is 3.17. The third-order valence-corrected chi connectivity index (χ3v) is 4.40. The monoisotopic (exact) mass is 368 g/mol. The zero-order valence-electron chi connectivity index (χ0n) is 13.3. The molecule has 2 aromatic carbocycles. The lowest BCUT2D eigenvalue weighted by molar-refractivity contribution is -0.122. The fourth-order valence-electron chi connectivity index (χ4n) is 2.14. The molecule has 0 fully saturated rings. The molecule has 0 saturated carbocycles. The van der Waals surface area contributed by atoms with Crippen molar-refractivity contribution in [3.8, 4) is 0 Å². The second kappa shape index (κ2) is 11.1. The average Bonchev–Trinajstić information content (AvgIpc) is 2.57. The molecule has 3 N–H and O–H groups in total. The SMILES string of the molecule is Cl.NC(Cc1ccccc1)C(=O)NCCSCc1ccccc1F. The fourth-order valence-corrected chi connectivity index (χ4v) is 2.98. The van der Waals surface area contributed by atoms with Gasteiger partial charge in [0.05, 0.1) is 6.04 Å². The van der Waals surface area contributed by atoms with Crippen molar-refractivity contribution >= 4 is 30.1 Å². The standard InChI is InChI=1S/C18H21FN2OS.ClH/c19-16-9-5-4-8-15(16)13-23-11-10-21-18(22)17(20)12-14-6-2-1-3-7-14;/h1-9,17H,10-13,20H2,(H,21,22);1H. The molecule has 130 valence electrons. The summed E-state index contributed by atoms with van der Waals surface area (Å²) >= 11 is 1.58. The number of hydrogen-bond donors (Lipinski definition) is 2. The van der Waals surface area contributed by atoms with E-state index >= 15 is 0 Å². The molecule has 0 saturated heterocycles. The Bertz CT molecular complexity index is 627. The van der Waals surface area contributed by atoms with Gasteiger partial charge in [0.25, 0.3) is 0 Å². The minimum Gasteiger partial charge on any atom is -0.354 e. The molecule has 0 aliphatic carbocycles. The van der Waals surface area contributed by atoms with Crippen LogP contribution in [0.1, 0.15) is 11.1 Å². The van der Waals surface area contributed by atoms with Crippen LogP contribution in [0.5, 0.6) is 0 Å². The smallest absolute Gasteiger partial charge is 0.237 e. The number of carbonyl (C=O) groups excluding carboxylic acids is 1. The quantitative estimate of drug-likeness (QED) is 0.704. The van der Waals surface area contributed by atoms with E-state index in [-0.39, 0.29) is 24.1 Å². The number of carbonyl (C=O) groups is 1. The van der Waals surface area contributed by atoms with E-state index in [0.717, 1.165) is 11.3 Å². The van der Waals surface area contributed by atoms with Gasteiger partial charge in [0, 0.05) is 18.1 Å². The number of halogens is 2. The largest absolute Gasteiger partial charge is 0.354 e. The molecular formula is C18H22ClFN2OS. The van der Waals surface area contributed by atoms with Gasteiger partial charge in [-0.05, 0) is 23.6 Å². The Morgan fingerprint density at radius 2 is 1.79 bits per heavy atom. The molecular weight excluding hydrogens is 347 g/mol. The van der Waals surface area contributed by atoms with Gasteiger partial charge in [-0.15, -0.1) is 12.4 Å².